The Kier molecular flexibility index (Phi) is 8.62. The number of carbonyl (C=O) groups is 2. The summed E-state index contributed by atoms with van der Waals surface area (Å²) in [6.45, 7) is 6.01. The second kappa shape index (κ2) is 10.9. The standard InChI is InChI=1S/C23H31N3O4S/c1-5-18(3)24-23(28)20-9-6-7-10-21(20)25-22(27)11-8-16-26(31(4,29)30)19-14-12-17(2)13-15-19/h6-7,9-10,12-15,18H,5,8,11,16H2,1-4H3,(H,24,28)(H,25,27)/t18-/m0/s1. The smallest absolute Gasteiger partial charge is 0.253 e. The summed E-state index contributed by atoms with van der Waals surface area (Å²) in [5.74, 6) is -0.519. The Hall–Kier alpha value is -2.87. The second-order valence-electron chi connectivity index (χ2n) is 7.65. The first kappa shape index (κ1) is 24.4. The van der Waals surface area contributed by atoms with Gasteiger partial charge in [0.15, 0.2) is 0 Å². The molecule has 2 amide bonds. The number of nitrogens with one attached hydrogen (secondary N) is 2. The molecule has 0 saturated carbocycles. The lowest BCUT2D eigenvalue weighted by Crippen LogP contribution is -2.33. The summed E-state index contributed by atoms with van der Waals surface area (Å²) >= 11 is 0. The van der Waals surface area contributed by atoms with Crippen LogP contribution in [0.5, 0.6) is 0 Å². The van der Waals surface area contributed by atoms with Crippen LogP contribution in [-0.4, -0.2) is 39.1 Å². The average Bonchev–Trinajstić information content (AvgIpc) is 2.71. The van der Waals surface area contributed by atoms with Gasteiger partial charge in [0.05, 0.1) is 23.2 Å². The van der Waals surface area contributed by atoms with Crippen LogP contribution in [0.2, 0.25) is 0 Å². The van der Waals surface area contributed by atoms with Crippen LogP contribution in [0.4, 0.5) is 11.4 Å². The number of benzene rings is 2. The number of anilines is 2. The summed E-state index contributed by atoms with van der Waals surface area (Å²) in [6.07, 6.45) is 2.42. The Balaban J connectivity index is 2.00. The Morgan fingerprint density at radius 3 is 2.32 bits per heavy atom. The molecule has 0 spiro atoms. The van der Waals surface area contributed by atoms with E-state index in [1.165, 1.54) is 4.31 Å². The van der Waals surface area contributed by atoms with Gasteiger partial charge in [-0.3, -0.25) is 13.9 Å². The van der Waals surface area contributed by atoms with Gasteiger partial charge in [0.25, 0.3) is 5.91 Å². The summed E-state index contributed by atoms with van der Waals surface area (Å²) in [7, 11) is -3.47. The maximum Gasteiger partial charge on any atom is 0.253 e. The molecule has 0 aliphatic carbocycles. The molecule has 2 aromatic rings. The lowest BCUT2D eigenvalue weighted by Gasteiger charge is -2.22. The minimum Gasteiger partial charge on any atom is -0.350 e. The molecule has 0 saturated heterocycles. The zero-order valence-electron chi connectivity index (χ0n) is 18.5. The largest absolute Gasteiger partial charge is 0.350 e. The number of nitrogens with zero attached hydrogens (tertiary/aromatic N) is 1. The molecule has 168 valence electrons. The SMILES string of the molecule is CC[C@H](C)NC(=O)c1ccccc1NC(=O)CCCN(c1ccc(C)cc1)S(C)(=O)=O. The monoisotopic (exact) mass is 445 g/mol. The topological polar surface area (TPSA) is 95.6 Å². The van der Waals surface area contributed by atoms with Crippen molar-refractivity contribution in [2.24, 2.45) is 0 Å². The first-order valence-corrected chi connectivity index (χ1v) is 12.2. The van der Waals surface area contributed by atoms with Crippen LogP contribution in [0.1, 0.15) is 49.0 Å². The molecular weight excluding hydrogens is 414 g/mol. The molecule has 0 aliphatic rings. The fraction of sp³-hybridized carbons (Fsp3) is 0.391. The molecule has 2 N–H and O–H groups in total. The Morgan fingerprint density at radius 2 is 1.71 bits per heavy atom. The third-order valence-electron chi connectivity index (χ3n) is 4.92. The van der Waals surface area contributed by atoms with E-state index in [9.17, 15) is 18.0 Å². The highest BCUT2D eigenvalue weighted by Crippen LogP contribution is 2.20. The molecule has 1 atom stereocenters. The van der Waals surface area contributed by atoms with Crippen LogP contribution in [0.25, 0.3) is 0 Å². The second-order valence-corrected chi connectivity index (χ2v) is 9.56. The number of para-hydroxylation sites is 1. The molecule has 0 bridgehead atoms. The van der Waals surface area contributed by atoms with Gasteiger partial charge in [0.2, 0.25) is 15.9 Å². The van der Waals surface area contributed by atoms with Gasteiger partial charge in [-0.2, -0.15) is 0 Å². The van der Waals surface area contributed by atoms with Crippen molar-refractivity contribution < 1.29 is 18.0 Å². The van der Waals surface area contributed by atoms with E-state index >= 15 is 0 Å². The van der Waals surface area contributed by atoms with E-state index < -0.39 is 10.0 Å². The summed E-state index contributed by atoms with van der Waals surface area (Å²) in [5.41, 5.74) is 2.44. The van der Waals surface area contributed by atoms with E-state index in [1.807, 2.05) is 32.9 Å². The van der Waals surface area contributed by atoms with Gasteiger partial charge in [-0.1, -0.05) is 36.8 Å². The summed E-state index contributed by atoms with van der Waals surface area (Å²) in [5, 5.41) is 5.67. The van der Waals surface area contributed by atoms with Crippen LogP contribution >= 0.6 is 0 Å². The number of hydrogen-bond acceptors (Lipinski definition) is 4. The van der Waals surface area contributed by atoms with Crippen LogP contribution in [0.3, 0.4) is 0 Å². The highest BCUT2D eigenvalue weighted by molar-refractivity contribution is 7.92. The Labute approximate surface area is 184 Å². The number of hydrogen-bond donors (Lipinski definition) is 2. The molecule has 0 aromatic heterocycles. The van der Waals surface area contributed by atoms with Crippen molar-refractivity contribution in [3.05, 3.63) is 59.7 Å². The molecule has 2 rings (SSSR count). The molecule has 0 heterocycles. The van der Waals surface area contributed by atoms with Crippen molar-refractivity contribution >= 4 is 33.2 Å². The van der Waals surface area contributed by atoms with E-state index in [2.05, 4.69) is 10.6 Å². The van der Waals surface area contributed by atoms with E-state index in [0.29, 0.717) is 23.4 Å². The first-order valence-electron chi connectivity index (χ1n) is 10.4. The van der Waals surface area contributed by atoms with Gasteiger partial charge < -0.3 is 10.6 Å². The average molecular weight is 446 g/mol. The third kappa shape index (κ3) is 7.40. The van der Waals surface area contributed by atoms with Crippen LogP contribution in [0.15, 0.2) is 48.5 Å². The summed E-state index contributed by atoms with van der Waals surface area (Å²) < 4.78 is 25.7. The van der Waals surface area contributed by atoms with Crippen molar-refractivity contribution in [2.75, 3.05) is 22.4 Å². The molecular formula is C23H31N3O4S. The zero-order chi connectivity index (χ0) is 23.0. The van der Waals surface area contributed by atoms with E-state index in [1.54, 1.807) is 36.4 Å². The van der Waals surface area contributed by atoms with Crippen LogP contribution in [0, 0.1) is 6.92 Å². The molecule has 0 unspecified atom stereocenters. The van der Waals surface area contributed by atoms with Crippen molar-refractivity contribution in [1.82, 2.24) is 5.32 Å². The van der Waals surface area contributed by atoms with Crippen molar-refractivity contribution in [2.45, 2.75) is 46.1 Å². The molecule has 8 heteroatoms. The molecule has 0 fully saturated rings. The Bertz CT molecular complexity index is 1000. The Morgan fingerprint density at radius 1 is 1.06 bits per heavy atom. The van der Waals surface area contributed by atoms with Crippen LogP contribution in [-0.2, 0) is 14.8 Å². The van der Waals surface area contributed by atoms with Gasteiger partial charge >= 0.3 is 0 Å². The highest BCUT2D eigenvalue weighted by Gasteiger charge is 2.18. The molecule has 31 heavy (non-hydrogen) atoms. The lowest BCUT2D eigenvalue weighted by molar-refractivity contribution is -0.116. The van der Waals surface area contributed by atoms with Crippen molar-refractivity contribution in [1.29, 1.82) is 0 Å². The predicted molar refractivity (Wildman–Crippen MR) is 125 cm³/mol. The third-order valence-corrected chi connectivity index (χ3v) is 6.12. The number of amides is 2. The van der Waals surface area contributed by atoms with Gasteiger partial charge in [-0.25, -0.2) is 8.42 Å². The van der Waals surface area contributed by atoms with E-state index in [4.69, 9.17) is 0 Å². The molecule has 0 aliphatic heterocycles. The van der Waals surface area contributed by atoms with E-state index in [0.717, 1.165) is 18.2 Å². The first-order chi connectivity index (χ1) is 14.6. The number of aryl methyl sites for hydroxylation is 1. The van der Waals surface area contributed by atoms with Crippen molar-refractivity contribution in [3.63, 3.8) is 0 Å². The molecule has 0 radical (unpaired) electrons. The summed E-state index contributed by atoms with van der Waals surface area (Å²) in [4.78, 5) is 24.9. The zero-order valence-corrected chi connectivity index (χ0v) is 19.3. The van der Waals surface area contributed by atoms with Crippen LogP contribution < -0.4 is 14.9 Å². The van der Waals surface area contributed by atoms with Gasteiger partial charge in [-0.15, -0.1) is 0 Å². The number of sulfonamides is 1. The molecule has 7 nitrogen and oxygen atoms in total. The van der Waals surface area contributed by atoms with Gasteiger partial charge in [-0.05, 0) is 51.0 Å². The minimum atomic E-state index is -3.47. The predicted octanol–water partition coefficient (Wildman–Crippen LogP) is 3.71. The van der Waals surface area contributed by atoms with Crippen molar-refractivity contribution in [3.8, 4) is 0 Å². The maximum absolute atomic E-state index is 12.5. The maximum atomic E-state index is 12.5. The fourth-order valence-electron chi connectivity index (χ4n) is 2.99. The van der Waals surface area contributed by atoms with Gasteiger partial charge in [0, 0.05) is 19.0 Å². The highest BCUT2D eigenvalue weighted by atomic mass is 32.2. The molecule has 2 aromatic carbocycles. The minimum absolute atomic E-state index is 0.0278. The van der Waals surface area contributed by atoms with E-state index in [-0.39, 0.29) is 30.8 Å². The quantitative estimate of drug-likeness (QED) is 0.583. The lowest BCUT2D eigenvalue weighted by atomic mass is 10.1. The summed E-state index contributed by atoms with van der Waals surface area (Å²) in [6, 6.07) is 14.1. The van der Waals surface area contributed by atoms with Gasteiger partial charge in [0.1, 0.15) is 0 Å². The number of carbonyl (C=O) groups excluding carboxylic acids is 2. The number of rotatable bonds is 10. The normalized spacial score (nSPS) is 12.1. The fourth-order valence-corrected chi connectivity index (χ4v) is 3.95.